The third-order valence-electron chi connectivity index (χ3n) is 3.54. The quantitative estimate of drug-likeness (QED) is 0.749. The number of hydrogen-bond acceptors (Lipinski definition) is 2. The lowest BCUT2D eigenvalue weighted by atomic mass is 10.0. The lowest BCUT2D eigenvalue weighted by Crippen LogP contribution is -2.38. The minimum atomic E-state index is -0.235. The van der Waals surface area contributed by atoms with Crippen LogP contribution < -0.4 is 0 Å². The predicted molar refractivity (Wildman–Crippen MR) is 60.9 cm³/mol. The summed E-state index contributed by atoms with van der Waals surface area (Å²) in [6.45, 7) is 1.70. The van der Waals surface area contributed by atoms with Gasteiger partial charge in [0.15, 0.2) is 5.78 Å². The molecule has 0 heterocycles. The molecule has 1 aromatic carbocycles. The molecule has 0 aromatic heterocycles. The summed E-state index contributed by atoms with van der Waals surface area (Å²) in [5.41, 5.74) is 1.04. The maximum absolute atomic E-state index is 11.7. The van der Waals surface area contributed by atoms with E-state index in [0.717, 1.165) is 6.42 Å². The van der Waals surface area contributed by atoms with Gasteiger partial charge in [-0.2, -0.15) is 0 Å². The van der Waals surface area contributed by atoms with E-state index in [1.807, 2.05) is 32.3 Å². The highest BCUT2D eigenvalue weighted by Crippen LogP contribution is 2.54. The molecule has 0 saturated heterocycles. The number of likely N-dealkylation sites (N-methyl/N-ethyl adjacent to an activating group) is 1. The fourth-order valence-corrected chi connectivity index (χ4v) is 2.53. The van der Waals surface area contributed by atoms with Crippen LogP contribution in [0.5, 0.6) is 0 Å². The number of carbonyl (C=O) groups excluding carboxylic acids is 1. The van der Waals surface area contributed by atoms with Crippen molar-refractivity contribution in [1.29, 1.82) is 0 Å². The van der Waals surface area contributed by atoms with Crippen LogP contribution in [0.1, 0.15) is 24.8 Å². The molecule has 1 aromatic rings. The summed E-state index contributed by atoms with van der Waals surface area (Å²) in [6.07, 6.45) is 0.958. The van der Waals surface area contributed by atoms with Crippen molar-refractivity contribution in [2.75, 3.05) is 14.1 Å². The number of hydrogen-bond donors (Lipinski definition) is 0. The molecule has 2 heteroatoms. The Kier molecular flexibility index (Phi) is 2.39. The number of benzene rings is 1. The van der Waals surface area contributed by atoms with Gasteiger partial charge >= 0.3 is 0 Å². The Morgan fingerprint density at radius 1 is 1.33 bits per heavy atom. The smallest absolute Gasteiger partial charge is 0.150 e. The van der Waals surface area contributed by atoms with Crippen LogP contribution in [0.4, 0.5) is 0 Å². The second kappa shape index (κ2) is 3.46. The molecular weight excluding hydrogens is 186 g/mol. The maximum atomic E-state index is 11.7. The Hall–Kier alpha value is -1.15. The molecule has 0 aliphatic heterocycles. The van der Waals surface area contributed by atoms with Crippen LogP contribution in [0.2, 0.25) is 0 Å². The van der Waals surface area contributed by atoms with E-state index in [-0.39, 0.29) is 11.3 Å². The van der Waals surface area contributed by atoms with Crippen LogP contribution >= 0.6 is 0 Å². The molecule has 1 unspecified atom stereocenters. The Bertz CT molecular complexity index is 371. The SMILES string of the molecule is CC(=O)C1(N(C)C)C[C@H]1c1ccccc1. The third-order valence-corrected chi connectivity index (χ3v) is 3.54. The van der Waals surface area contributed by atoms with E-state index in [1.54, 1.807) is 6.92 Å². The molecule has 0 amide bonds. The number of ketones is 1. The predicted octanol–water partition coefficient (Wildman–Crippen LogP) is 2.06. The van der Waals surface area contributed by atoms with E-state index < -0.39 is 0 Å². The molecule has 0 bridgehead atoms. The standard InChI is InChI=1S/C13H17NO/c1-10(15)13(14(2)3)9-12(13)11-7-5-4-6-8-11/h4-8,12H,9H2,1-3H3/t12-,13?/m0/s1. The molecule has 1 aliphatic carbocycles. The normalized spacial score (nSPS) is 29.2. The lowest BCUT2D eigenvalue weighted by molar-refractivity contribution is -0.122. The van der Waals surface area contributed by atoms with E-state index in [0.29, 0.717) is 5.92 Å². The average molecular weight is 203 g/mol. The zero-order valence-electron chi connectivity index (χ0n) is 9.53. The molecular formula is C13H17NO. The van der Waals surface area contributed by atoms with Crippen molar-refractivity contribution in [1.82, 2.24) is 4.90 Å². The zero-order chi connectivity index (χ0) is 11.1. The van der Waals surface area contributed by atoms with Gasteiger partial charge < -0.3 is 0 Å². The Morgan fingerprint density at radius 3 is 2.33 bits per heavy atom. The van der Waals surface area contributed by atoms with Crippen molar-refractivity contribution in [3.05, 3.63) is 35.9 Å². The third kappa shape index (κ3) is 1.49. The van der Waals surface area contributed by atoms with Gasteiger partial charge in [-0.05, 0) is 33.0 Å². The second-order valence-corrected chi connectivity index (χ2v) is 4.54. The van der Waals surface area contributed by atoms with Crippen LogP contribution in [0.3, 0.4) is 0 Å². The Labute approximate surface area is 90.9 Å². The molecule has 0 radical (unpaired) electrons. The van der Waals surface area contributed by atoms with Crippen molar-refractivity contribution in [3.63, 3.8) is 0 Å². The van der Waals surface area contributed by atoms with E-state index in [4.69, 9.17) is 0 Å². The molecule has 1 saturated carbocycles. The minimum absolute atomic E-state index is 0.235. The Balaban J connectivity index is 2.27. The zero-order valence-corrected chi connectivity index (χ0v) is 9.53. The van der Waals surface area contributed by atoms with E-state index in [9.17, 15) is 4.79 Å². The van der Waals surface area contributed by atoms with Crippen molar-refractivity contribution in [3.8, 4) is 0 Å². The van der Waals surface area contributed by atoms with Gasteiger partial charge in [0.05, 0.1) is 5.54 Å². The first-order valence-electron chi connectivity index (χ1n) is 5.32. The van der Waals surface area contributed by atoms with Crippen LogP contribution in [0.15, 0.2) is 30.3 Å². The maximum Gasteiger partial charge on any atom is 0.150 e. The monoisotopic (exact) mass is 203 g/mol. The molecule has 1 fully saturated rings. The van der Waals surface area contributed by atoms with Gasteiger partial charge in [0.25, 0.3) is 0 Å². The van der Waals surface area contributed by atoms with Gasteiger partial charge in [0.2, 0.25) is 0 Å². The molecule has 2 rings (SSSR count). The summed E-state index contributed by atoms with van der Waals surface area (Å²) < 4.78 is 0. The van der Waals surface area contributed by atoms with Gasteiger partial charge in [0, 0.05) is 5.92 Å². The van der Waals surface area contributed by atoms with E-state index in [2.05, 4.69) is 17.0 Å². The molecule has 2 nitrogen and oxygen atoms in total. The first kappa shape index (κ1) is 10.4. The Morgan fingerprint density at radius 2 is 1.93 bits per heavy atom. The lowest BCUT2D eigenvalue weighted by Gasteiger charge is -2.22. The first-order chi connectivity index (χ1) is 7.09. The first-order valence-corrected chi connectivity index (χ1v) is 5.32. The van der Waals surface area contributed by atoms with Gasteiger partial charge in [-0.15, -0.1) is 0 Å². The number of nitrogens with zero attached hydrogens (tertiary/aromatic N) is 1. The van der Waals surface area contributed by atoms with Crippen molar-refractivity contribution in [2.45, 2.75) is 24.8 Å². The van der Waals surface area contributed by atoms with Crippen LogP contribution in [0.25, 0.3) is 0 Å². The summed E-state index contributed by atoms with van der Waals surface area (Å²) in [5.74, 6) is 0.660. The van der Waals surface area contributed by atoms with Gasteiger partial charge in [0.1, 0.15) is 0 Å². The number of Topliss-reactive ketones (excluding diaryl/α,β-unsaturated/α-hetero) is 1. The summed E-state index contributed by atoms with van der Waals surface area (Å²) in [5, 5.41) is 0. The molecule has 0 N–H and O–H groups in total. The summed E-state index contributed by atoms with van der Waals surface area (Å²) >= 11 is 0. The topological polar surface area (TPSA) is 20.3 Å². The molecule has 80 valence electrons. The van der Waals surface area contributed by atoms with E-state index >= 15 is 0 Å². The highest BCUT2D eigenvalue weighted by atomic mass is 16.1. The summed E-state index contributed by atoms with van der Waals surface area (Å²) in [6, 6.07) is 10.3. The van der Waals surface area contributed by atoms with E-state index in [1.165, 1.54) is 5.56 Å². The fourth-order valence-electron chi connectivity index (χ4n) is 2.53. The second-order valence-electron chi connectivity index (χ2n) is 4.54. The largest absolute Gasteiger partial charge is 0.298 e. The molecule has 1 aliphatic rings. The highest BCUT2D eigenvalue weighted by Gasteiger charge is 2.60. The number of carbonyl (C=O) groups is 1. The number of rotatable bonds is 3. The molecule has 15 heavy (non-hydrogen) atoms. The fraction of sp³-hybridized carbons (Fsp3) is 0.462. The van der Waals surface area contributed by atoms with Crippen LogP contribution in [-0.4, -0.2) is 30.3 Å². The minimum Gasteiger partial charge on any atom is -0.298 e. The van der Waals surface area contributed by atoms with Crippen LogP contribution in [0, 0.1) is 0 Å². The van der Waals surface area contributed by atoms with Crippen LogP contribution in [-0.2, 0) is 4.79 Å². The van der Waals surface area contributed by atoms with Gasteiger partial charge in [-0.1, -0.05) is 30.3 Å². The van der Waals surface area contributed by atoms with Gasteiger partial charge in [-0.3, -0.25) is 9.69 Å². The average Bonchev–Trinajstić information content (AvgIpc) is 2.95. The van der Waals surface area contributed by atoms with Crippen molar-refractivity contribution in [2.24, 2.45) is 0 Å². The van der Waals surface area contributed by atoms with Crippen molar-refractivity contribution >= 4 is 5.78 Å². The summed E-state index contributed by atoms with van der Waals surface area (Å²) in [4.78, 5) is 13.8. The summed E-state index contributed by atoms with van der Waals surface area (Å²) in [7, 11) is 3.98. The molecule has 2 atom stereocenters. The van der Waals surface area contributed by atoms with Gasteiger partial charge in [-0.25, -0.2) is 0 Å². The highest BCUT2D eigenvalue weighted by molar-refractivity contribution is 5.91. The molecule has 0 spiro atoms. The van der Waals surface area contributed by atoms with Crippen molar-refractivity contribution < 1.29 is 4.79 Å².